The third kappa shape index (κ3) is 5.46. The first-order valence-electron chi connectivity index (χ1n) is 5.57. The minimum atomic E-state index is -4.37. The maximum absolute atomic E-state index is 12.4. The van der Waals surface area contributed by atoms with Crippen LogP contribution in [-0.4, -0.2) is 19.4 Å². The standard InChI is InChI=1S/C13H13F3O3/c1-2-18-12(17)19-8-4-6-10-5-3-7-11(9-10)13(14,15)16/h3-7,9H,2,8H2,1H3/b6-4+. The molecular formula is C13H13F3O3. The topological polar surface area (TPSA) is 35.5 Å². The Morgan fingerprint density at radius 2 is 2.05 bits per heavy atom. The van der Waals surface area contributed by atoms with Crippen molar-refractivity contribution in [3.05, 3.63) is 41.5 Å². The van der Waals surface area contributed by atoms with Gasteiger partial charge in [0, 0.05) is 0 Å². The molecule has 0 unspecified atom stereocenters. The van der Waals surface area contributed by atoms with Crippen LogP contribution >= 0.6 is 0 Å². The zero-order chi connectivity index (χ0) is 14.3. The zero-order valence-electron chi connectivity index (χ0n) is 10.2. The smallest absolute Gasteiger partial charge is 0.435 e. The van der Waals surface area contributed by atoms with Gasteiger partial charge in [0.15, 0.2) is 0 Å². The molecular weight excluding hydrogens is 261 g/mol. The highest BCUT2D eigenvalue weighted by molar-refractivity contribution is 5.60. The summed E-state index contributed by atoms with van der Waals surface area (Å²) in [7, 11) is 0. The van der Waals surface area contributed by atoms with E-state index in [1.165, 1.54) is 24.3 Å². The van der Waals surface area contributed by atoms with Crippen molar-refractivity contribution in [2.45, 2.75) is 13.1 Å². The number of alkyl halides is 3. The summed E-state index contributed by atoms with van der Waals surface area (Å²) in [6, 6.07) is 4.85. The van der Waals surface area contributed by atoms with Crippen molar-refractivity contribution in [2.75, 3.05) is 13.2 Å². The first-order valence-corrected chi connectivity index (χ1v) is 5.57. The number of carbonyl (C=O) groups excluding carboxylic acids is 1. The molecule has 0 aliphatic carbocycles. The Bertz CT molecular complexity index is 453. The fraction of sp³-hybridized carbons (Fsp3) is 0.308. The van der Waals surface area contributed by atoms with Gasteiger partial charge in [0.05, 0.1) is 12.2 Å². The first kappa shape index (κ1) is 15.1. The Morgan fingerprint density at radius 3 is 2.68 bits per heavy atom. The normalized spacial score (nSPS) is 11.6. The van der Waals surface area contributed by atoms with Gasteiger partial charge in [-0.3, -0.25) is 0 Å². The van der Waals surface area contributed by atoms with Gasteiger partial charge in [-0.1, -0.05) is 18.2 Å². The average Bonchev–Trinajstić information content (AvgIpc) is 2.34. The molecule has 0 atom stereocenters. The molecule has 0 bridgehead atoms. The molecule has 3 nitrogen and oxygen atoms in total. The third-order valence-electron chi connectivity index (χ3n) is 2.08. The van der Waals surface area contributed by atoms with E-state index < -0.39 is 17.9 Å². The maximum Gasteiger partial charge on any atom is 0.508 e. The Hall–Kier alpha value is -1.98. The second-order valence-corrected chi connectivity index (χ2v) is 3.52. The number of halogens is 3. The predicted molar refractivity (Wildman–Crippen MR) is 63.5 cm³/mol. The molecule has 0 aliphatic rings. The maximum atomic E-state index is 12.4. The van der Waals surface area contributed by atoms with Crippen LogP contribution in [0.15, 0.2) is 30.3 Å². The molecule has 0 aliphatic heterocycles. The van der Waals surface area contributed by atoms with Crippen LogP contribution in [0.3, 0.4) is 0 Å². The third-order valence-corrected chi connectivity index (χ3v) is 2.08. The van der Waals surface area contributed by atoms with E-state index >= 15 is 0 Å². The first-order chi connectivity index (χ1) is 8.93. The Kier molecular flexibility index (Phi) is 5.41. The Balaban J connectivity index is 2.55. The van der Waals surface area contributed by atoms with Crippen molar-refractivity contribution < 1.29 is 27.4 Å². The van der Waals surface area contributed by atoms with Crippen LogP contribution in [0.1, 0.15) is 18.1 Å². The van der Waals surface area contributed by atoms with E-state index in [2.05, 4.69) is 9.47 Å². The molecule has 104 valence electrons. The van der Waals surface area contributed by atoms with Gasteiger partial charge in [0.25, 0.3) is 0 Å². The summed E-state index contributed by atoms with van der Waals surface area (Å²) in [4.78, 5) is 10.8. The summed E-state index contributed by atoms with van der Waals surface area (Å²) in [6.07, 6.45) is -2.30. The number of benzene rings is 1. The molecule has 0 radical (unpaired) electrons. The van der Waals surface area contributed by atoms with Crippen molar-refractivity contribution in [1.29, 1.82) is 0 Å². The summed E-state index contributed by atoms with van der Waals surface area (Å²) < 4.78 is 46.5. The molecule has 0 saturated heterocycles. The Morgan fingerprint density at radius 1 is 1.32 bits per heavy atom. The lowest BCUT2D eigenvalue weighted by Crippen LogP contribution is -2.06. The van der Waals surface area contributed by atoms with E-state index in [0.29, 0.717) is 5.56 Å². The van der Waals surface area contributed by atoms with Crippen molar-refractivity contribution in [3.8, 4) is 0 Å². The van der Waals surface area contributed by atoms with Crippen LogP contribution in [0.25, 0.3) is 6.08 Å². The van der Waals surface area contributed by atoms with Gasteiger partial charge in [-0.15, -0.1) is 0 Å². The number of carbonyl (C=O) groups is 1. The van der Waals surface area contributed by atoms with Crippen LogP contribution in [0.2, 0.25) is 0 Å². The van der Waals surface area contributed by atoms with Gasteiger partial charge in [0.2, 0.25) is 0 Å². The van der Waals surface area contributed by atoms with Crippen molar-refractivity contribution >= 4 is 12.2 Å². The Labute approximate surface area is 108 Å². The van der Waals surface area contributed by atoms with Crippen molar-refractivity contribution in [1.82, 2.24) is 0 Å². The van der Waals surface area contributed by atoms with Gasteiger partial charge in [-0.05, 0) is 30.7 Å². The van der Waals surface area contributed by atoms with Gasteiger partial charge in [-0.25, -0.2) is 4.79 Å². The van der Waals surface area contributed by atoms with E-state index in [1.807, 2.05) is 0 Å². The van der Waals surface area contributed by atoms with Crippen LogP contribution < -0.4 is 0 Å². The van der Waals surface area contributed by atoms with Gasteiger partial charge in [-0.2, -0.15) is 13.2 Å². The fourth-order valence-corrected chi connectivity index (χ4v) is 1.28. The van der Waals surface area contributed by atoms with Crippen LogP contribution in [0.4, 0.5) is 18.0 Å². The SMILES string of the molecule is CCOC(=O)OC/C=C/c1cccc(C(F)(F)F)c1. The van der Waals surface area contributed by atoms with E-state index in [9.17, 15) is 18.0 Å². The number of rotatable bonds is 4. The summed E-state index contributed by atoms with van der Waals surface area (Å²) in [5, 5.41) is 0. The summed E-state index contributed by atoms with van der Waals surface area (Å²) >= 11 is 0. The number of ether oxygens (including phenoxy) is 2. The quantitative estimate of drug-likeness (QED) is 0.781. The van der Waals surface area contributed by atoms with Crippen molar-refractivity contribution in [3.63, 3.8) is 0 Å². The molecule has 1 aromatic rings. The molecule has 0 N–H and O–H groups in total. The molecule has 0 aromatic heterocycles. The molecule has 1 rings (SSSR count). The van der Waals surface area contributed by atoms with Crippen LogP contribution in [0, 0.1) is 0 Å². The van der Waals surface area contributed by atoms with Crippen LogP contribution in [-0.2, 0) is 15.7 Å². The van der Waals surface area contributed by atoms with E-state index in [1.54, 1.807) is 6.92 Å². The molecule has 0 heterocycles. The molecule has 19 heavy (non-hydrogen) atoms. The van der Waals surface area contributed by atoms with E-state index in [-0.39, 0.29) is 13.2 Å². The lowest BCUT2D eigenvalue weighted by molar-refractivity contribution is -0.137. The molecule has 0 saturated carbocycles. The number of hydrogen-bond acceptors (Lipinski definition) is 3. The largest absolute Gasteiger partial charge is 0.508 e. The van der Waals surface area contributed by atoms with E-state index in [0.717, 1.165) is 12.1 Å². The summed E-state index contributed by atoms with van der Waals surface area (Å²) in [5.41, 5.74) is -0.344. The highest BCUT2D eigenvalue weighted by Gasteiger charge is 2.30. The molecule has 0 fully saturated rings. The predicted octanol–water partition coefficient (Wildman–Crippen LogP) is 3.89. The minimum Gasteiger partial charge on any atom is -0.435 e. The van der Waals surface area contributed by atoms with Gasteiger partial charge >= 0.3 is 12.3 Å². The molecule has 0 spiro atoms. The lowest BCUT2D eigenvalue weighted by Gasteiger charge is -2.06. The minimum absolute atomic E-state index is 0.0604. The molecule has 6 heteroatoms. The highest BCUT2D eigenvalue weighted by atomic mass is 19.4. The fourth-order valence-electron chi connectivity index (χ4n) is 1.28. The summed E-state index contributed by atoms with van der Waals surface area (Å²) in [5.74, 6) is 0. The van der Waals surface area contributed by atoms with Gasteiger partial charge in [0.1, 0.15) is 6.61 Å². The molecule has 0 amide bonds. The summed E-state index contributed by atoms with van der Waals surface area (Å²) in [6.45, 7) is 1.78. The average molecular weight is 274 g/mol. The highest BCUT2D eigenvalue weighted by Crippen LogP contribution is 2.29. The monoisotopic (exact) mass is 274 g/mol. The van der Waals surface area contributed by atoms with Gasteiger partial charge < -0.3 is 9.47 Å². The zero-order valence-corrected chi connectivity index (χ0v) is 10.2. The van der Waals surface area contributed by atoms with E-state index in [4.69, 9.17) is 0 Å². The molecule has 1 aromatic carbocycles. The lowest BCUT2D eigenvalue weighted by atomic mass is 10.1. The van der Waals surface area contributed by atoms with Crippen LogP contribution in [0.5, 0.6) is 0 Å². The second kappa shape index (κ2) is 6.82. The van der Waals surface area contributed by atoms with Crippen molar-refractivity contribution in [2.24, 2.45) is 0 Å². The second-order valence-electron chi connectivity index (χ2n) is 3.52. The number of hydrogen-bond donors (Lipinski definition) is 0.